The minimum Gasteiger partial charge on any atom is -0.341 e. The SMILES string of the molecule is C/C=C(\C)c1ccc2c(-c3ccc(-c4ccc5c(c4)c4cc(-c6ccccc6)ccc4n5CC)cc3)c3cc(C(C)(C)C)ccc3c(-c3ccccc3)c2c1. The third-order valence-corrected chi connectivity index (χ3v) is 11.7. The molecule has 1 aromatic heterocycles. The van der Waals surface area contributed by atoms with E-state index in [-0.39, 0.29) is 5.41 Å². The van der Waals surface area contributed by atoms with Gasteiger partial charge in [-0.2, -0.15) is 0 Å². The third-order valence-electron chi connectivity index (χ3n) is 11.7. The molecular formula is C54H47N. The molecule has 8 aromatic carbocycles. The number of hydrogen-bond acceptors (Lipinski definition) is 0. The Morgan fingerprint density at radius 1 is 0.473 bits per heavy atom. The molecule has 268 valence electrons. The highest BCUT2D eigenvalue weighted by Crippen LogP contribution is 2.46. The van der Waals surface area contributed by atoms with E-state index >= 15 is 0 Å². The van der Waals surface area contributed by atoms with Gasteiger partial charge in [-0.3, -0.25) is 0 Å². The number of hydrogen-bond donors (Lipinski definition) is 0. The minimum atomic E-state index is 0.0193. The van der Waals surface area contributed by atoms with E-state index in [2.05, 4.69) is 210 Å². The summed E-state index contributed by atoms with van der Waals surface area (Å²) in [5.74, 6) is 0. The number of aryl methyl sites for hydroxylation is 1. The number of allylic oxidation sites excluding steroid dienone is 2. The zero-order chi connectivity index (χ0) is 37.8. The Kier molecular flexibility index (Phi) is 8.55. The summed E-state index contributed by atoms with van der Waals surface area (Å²) in [6.07, 6.45) is 2.21. The van der Waals surface area contributed by atoms with Crippen molar-refractivity contribution in [2.24, 2.45) is 0 Å². The molecule has 1 nitrogen and oxygen atoms in total. The van der Waals surface area contributed by atoms with Gasteiger partial charge in [0.25, 0.3) is 0 Å². The van der Waals surface area contributed by atoms with Crippen LogP contribution in [0.15, 0.2) is 164 Å². The highest BCUT2D eigenvalue weighted by atomic mass is 15.0. The summed E-state index contributed by atoms with van der Waals surface area (Å²) in [6.45, 7) is 14.4. The van der Waals surface area contributed by atoms with E-state index in [4.69, 9.17) is 0 Å². The Bertz CT molecular complexity index is 2920. The third kappa shape index (κ3) is 5.96. The summed E-state index contributed by atoms with van der Waals surface area (Å²) in [6, 6.07) is 59.1. The van der Waals surface area contributed by atoms with Crippen LogP contribution in [-0.2, 0) is 12.0 Å². The Morgan fingerprint density at radius 3 is 1.49 bits per heavy atom. The first-order valence-electron chi connectivity index (χ1n) is 19.7. The molecule has 1 heterocycles. The van der Waals surface area contributed by atoms with Gasteiger partial charge in [0.05, 0.1) is 0 Å². The number of rotatable bonds is 6. The predicted molar refractivity (Wildman–Crippen MR) is 240 cm³/mol. The lowest BCUT2D eigenvalue weighted by Gasteiger charge is -2.23. The molecule has 0 N–H and O–H groups in total. The molecule has 55 heavy (non-hydrogen) atoms. The van der Waals surface area contributed by atoms with Gasteiger partial charge in [-0.15, -0.1) is 0 Å². The number of nitrogens with zero attached hydrogens (tertiary/aromatic N) is 1. The first kappa shape index (κ1) is 34.6. The summed E-state index contributed by atoms with van der Waals surface area (Å²) in [4.78, 5) is 0. The normalized spacial score (nSPS) is 12.4. The molecule has 1 heteroatoms. The number of benzene rings is 8. The molecule has 9 aromatic rings. The van der Waals surface area contributed by atoms with Crippen molar-refractivity contribution in [2.75, 3.05) is 0 Å². The number of aromatic nitrogens is 1. The second-order valence-electron chi connectivity index (χ2n) is 16.0. The van der Waals surface area contributed by atoms with Crippen LogP contribution >= 0.6 is 0 Å². The zero-order valence-electron chi connectivity index (χ0n) is 32.7. The maximum absolute atomic E-state index is 2.46. The quantitative estimate of drug-likeness (QED) is 0.152. The highest BCUT2D eigenvalue weighted by Gasteiger charge is 2.21. The maximum Gasteiger partial charge on any atom is 0.0491 e. The molecule has 0 saturated heterocycles. The molecule has 0 saturated carbocycles. The Labute approximate surface area is 325 Å². The molecule has 9 rings (SSSR count). The standard InChI is InChI=1S/C54H47N/c1-7-35(3)40-23-27-44-48(31-40)52(38-17-13-10-14-18-38)45-28-26-43(54(4,5)6)34-49(45)53(44)39-21-19-37(20-22-39)42-25-30-51-47(33-42)46-32-41(36-15-11-9-12-16-36)24-29-50(46)55(51)8-2/h7,9-34H,8H2,1-6H3/b35-7+. The molecule has 0 atom stereocenters. The molecule has 0 amide bonds. The van der Waals surface area contributed by atoms with Crippen molar-refractivity contribution in [3.05, 3.63) is 175 Å². The van der Waals surface area contributed by atoms with Crippen molar-refractivity contribution < 1.29 is 0 Å². The van der Waals surface area contributed by atoms with Crippen LogP contribution in [-0.4, -0.2) is 4.57 Å². The predicted octanol–water partition coefficient (Wildman–Crippen LogP) is 15.5. The van der Waals surface area contributed by atoms with E-state index in [0.717, 1.165) is 6.54 Å². The van der Waals surface area contributed by atoms with E-state index in [0.29, 0.717) is 0 Å². The van der Waals surface area contributed by atoms with E-state index in [1.165, 1.54) is 105 Å². The fourth-order valence-corrected chi connectivity index (χ4v) is 8.60. The number of fused-ring (bicyclic) bond motifs is 5. The second kappa shape index (κ2) is 13.6. The first-order valence-corrected chi connectivity index (χ1v) is 19.7. The molecular weight excluding hydrogens is 663 g/mol. The largest absolute Gasteiger partial charge is 0.341 e. The first-order chi connectivity index (χ1) is 26.7. The van der Waals surface area contributed by atoms with Gasteiger partial charge >= 0.3 is 0 Å². The Hall–Kier alpha value is -6.18. The minimum absolute atomic E-state index is 0.0193. The van der Waals surface area contributed by atoms with Crippen LogP contribution in [0.1, 0.15) is 52.7 Å². The van der Waals surface area contributed by atoms with E-state index in [9.17, 15) is 0 Å². The lowest BCUT2D eigenvalue weighted by Crippen LogP contribution is -2.10. The summed E-state index contributed by atoms with van der Waals surface area (Å²) in [7, 11) is 0. The smallest absolute Gasteiger partial charge is 0.0491 e. The van der Waals surface area contributed by atoms with Crippen molar-refractivity contribution in [3.63, 3.8) is 0 Å². The Morgan fingerprint density at radius 2 is 0.945 bits per heavy atom. The van der Waals surface area contributed by atoms with Crippen LogP contribution in [0.5, 0.6) is 0 Å². The average molecular weight is 710 g/mol. The van der Waals surface area contributed by atoms with Gasteiger partial charge in [0.1, 0.15) is 0 Å². The highest BCUT2D eigenvalue weighted by molar-refractivity contribution is 6.22. The van der Waals surface area contributed by atoms with Crippen molar-refractivity contribution in [3.8, 4) is 44.5 Å². The summed E-state index contributed by atoms with van der Waals surface area (Å²) >= 11 is 0. The lowest BCUT2D eigenvalue weighted by atomic mass is 9.81. The Balaban J connectivity index is 1.24. The van der Waals surface area contributed by atoms with E-state index in [1.54, 1.807) is 0 Å². The molecule has 0 unspecified atom stereocenters. The van der Waals surface area contributed by atoms with Gasteiger partial charge in [-0.05, 0) is 145 Å². The fraction of sp³-hybridized carbons (Fsp3) is 0.148. The maximum atomic E-state index is 2.46. The molecule has 0 fully saturated rings. The van der Waals surface area contributed by atoms with Crippen molar-refractivity contribution in [1.82, 2.24) is 4.57 Å². The monoisotopic (exact) mass is 709 g/mol. The van der Waals surface area contributed by atoms with E-state index < -0.39 is 0 Å². The van der Waals surface area contributed by atoms with Crippen LogP contribution in [0.3, 0.4) is 0 Å². The van der Waals surface area contributed by atoms with Crippen LogP contribution < -0.4 is 0 Å². The molecule has 0 aliphatic rings. The summed E-state index contributed by atoms with van der Waals surface area (Å²) in [5.41, 5.74) is 16.5. The topological polar surface area (TPSA) is 4.93 Å². The van der Waals surface area contributed by atoms with Crippen molar-refractivity contribution in [1.29, 1.82) is 0 Å². The van der Waals surface area contributed by atoms with Crippen molar-refractivity contribution in [2.45, 2.75) is 53.5 Å². The van der Waals surface area contributed by atoms with Gasteiger partial charge in [0.2, 0.25) is 0 Å². The van der Waals surface area contributed by atoms with Crippen LogP contribution in [0.4, 0.5) is 0 Å². The summed E-state index contributed by atoms with van der Waals surface area (Å²) < 4.78 is 2.44. The molecule has 0 radical (unpaired) electrons. The van der Waals surface area contributed by atoms with Gasteiger partial charge in [0, 0.05) is 28.4 Å². The molecule has 0 aliphatic carbocycles. The molecule has 0 bridgehead atoms. The van der Waals surface area contributed by atoms with Crippen molar-refractivity contribution >= 4 is 48.9 Å². The van der Waals surface area contributed by atoms with Gasteiger partial charge in [-0.25, -0.2) is 0 Å². The van der Waals surface area contributed by atoms with Gasteiger partial charge in [-0.1, -0.05) is 148 Å². The zero-order valence-corrected chi connectivity index (χ0v) is 32.7. The van der Waals surface area contributed by atoms with Gasteiger partial charge < -0.3 is 4.57 Å². The second-order valence-corrected chi connectivity index (χ2v) is 16.0. The van der Waals surface area contributed by atoms with Crippen LogP contribution in [0, 0.1) is 0 Å². The fourth-order valence-electron chi connectivity index (χ4n) is 8.60. The van der Waals surface area contributed by atoms with Gasteiger partial charge in [0.15, 0.2) is 0 Å². The molecule has 0 aliphatic heterocycles. The van der Waals surface area contributed by atoms with E-state index in [1.807, 2.05) is 0 Å². The van der Waals surface area contributed by atoms with Crippen LogP contribution in [0.25, 0.3) is 93.4 Å². The molecule has 0 spiro atoms. The lowest BCUT2D eigenvalue weighted by molar-refractivity contribution is 0.591. The average Bonchev–Trinajstić information content (AvgIpc) is 3.54. The summed E-state index contributed by atoms with van der Waals surface area (Å²) in [5, 5.41) is 7.74. The van der Waals surface area contributed by atoms with Crippen LogP contribution in [0.2, 0.25) is 0 Å².